The first-order valence-corrected chi connectivity index (χ1v) is 6.28. The maximum atomic E-state index is 11.3. The summed E-state index contributed by atoms with van der Waals surface area (Å²) in [4.78, 5) is 13.6. The van der Waals surface area contributed by atoms with Crippen LogP contribution in [0.5, 0.6) is 0 Å². The zero-order valence-corrected chi connectivity index (χ0v) is 11.0. The normalized spacial score (nSPS) is 16.8. The van der Waals surface area contributed by atoms with Crippen LogP contribution in [0.3, 0.4) is 0 Å². The summed E-state index contributed by atoms with van der Waals surface area (Å²) in [7, 11) is 0. The summed E-state index contributed by atoms with van der Waals surface area (Å²) < 4.78 is 5.34. The molecule has 1 saturated heterocycles. The Kier molecular flexibility index (Phi) is 3.99. The van der Waals surface area contributed by atoms with Crippen molar-refractivity contribution in [3.8, 4) is 0 Å². The number of primary amides is 1. The van der Waals surface area contributed by atoms with Gasteiger partial charge < -0.3 is 10.5 Å². The Labute approximate surface area is 108 Å². The van der Waals surface area contributed by atoms with Gasteiger partial charge in [0.1, 0.15) is 0 Å². The molecule has 1 fully saturated rings. The monoisotopic (exact) mass is 248 g/mol. The highest BCUT2D eigenvalue weighted by atomic mass is 16.5. The van der Waals surface area contributed by atoms with Crippen molar-refractivity contribution in [3.63, 3.8) is 0 Å². The van der Waals surface area contributed by atoms with E-state index in [1.54, 1.807) is 0 Å². The summed E-state index contributed by atoms with van der Waals surface area (Å²) >= 11 is 0. The molecule has 0 saturated carbocycles. The highest BCUT2D eigenvalue weighted by Crippen LogP contribution is 2.19. The molecular formula is C14H20N2O2. The molecule has 4 nitrogen and oxygen atoms in total. The number of hydrogen-bond donors (Lipinski definition) is 1. The quantitative estimate of drug-likeness (QED) is 0.875. The second-order valence-electron chi connectivity index (χ2n) is 4.78. The molecule has 0 atom stereocenters. The lowest BCUT2D eigenvalue weighted by atomic mass is 9.97. The van der Waals surface area contributed by atoms with Crippen LogP contribution in [0.15, 0.2) is 12.1 Å². The van der Waals surface area contributed by atoms with Crippen LogP contribution in [-0.4, -0.2) is 37.1 Å². The van der Waals surface area contributed by atoms with Crippen LogP contribution in [0, 0.1) is 13.8 Å². The fraction of sp³-hybridized carbons (Fsp3) is 0.500. The number of rotatable bonds is 3. The molecule has 1 heterocycles. The van der Waals surface area contributed by atoms with E-state index in [1.165, 1.54) is 5.56 Å². The number of carbonyl (C=O) groups is 1. The van der Waals surface area contributed by atoms with Gasteiger partial charge in [-0.1, -0.05) is 6.07 Å². The third-order valence-electron chi connectivity index (χ3n) is 3.66. The standard InChI is InChI=1S/C14H20N2O2/c1-10-11(2)13(14(15)17)4-3-12(10)9-16-5-7-18-8-6-16/h3-4H,5-9H2,1-2H3,(H2,15,17). The Morgan fingerprint density at radius 2 is 1.94 bits per heavy atom. The van der Waals surface area contributed by atoms with Gasteiger partial charge in [0.2, 0.25) is 5.91 Å². The molecule has 1 aromatic rings. The van der Waals surface area contributed by atoms with Gasteiger partial charge in [-0.05, 0) is 36.6 Å². The molecule has 0 aliphatic carbocycles. The third kappa shape index (κ3) is 2.71. The van der Waals surface area contributed by atoms with Crippen LogP contribution >= 0.6 is 0 Å². The summed E-state index contributed by atoms with van der Waals surface area (Å²) in [5, 5.41) is 0. The van der Waals surface area contributed by atoms with Crippen molar-refractivity contribution in [2.45, 2.75) is 20.4 Å². The fourth-order valence-electron chi connectivity index (χ4n) is 2.32. The van der Waals surface area contributed by atoms with Gasteiger partial charge in [0, 0.05) is 25.2 Å². The summed E-state index contributed by atoms with van der Waals surface area (Å²) in [5.41, 5.74) is 9.40. The van der Waals surface area contributed by atoms with E-state index in [9.17, 15) is 4.79 Å². The molecule has 2 rings (SSSR count). The molecule has 0 spiro atoms. The number of benzene rings is 1. The first-order chi connectivity index (χ1) is 8.59. The smallest absolute Gasteiger partial charge is 0.248 e. The minimum atomic E-state index is -0.353. The molecule has 0 aromatic heterocycles. The molecule has 1 aliphatic rings. The number of morpholine rings is 1. The Morgan fingerprint density at radius 3 is 2.56 bits per heavy atom. The van der Waals surface area contributed by atoms with Gasteiger partial charge in [-0.2, -0.15) is 0 Å². The molecule has 98 valence electrons. The van der Waals surface area contributed by atoms with Crippen molar-refractivity contribution >= 4 is 5.91 Å². The number of carbonyl (C=O) groups excluding carboxylic acids is 1. The number of amides is 1. The second kappa shape index (κ2) is 5.50. The third-order valence-corrected chi connectivity index (χ3v) is 3.66. The summed E-state index contributed by atoms with van der Waals surface area (Å²) in [6.07, 6.45) is 0. The van der Waals surface area contributed by atoms with Crippen LogP contribution < -0.4 is 5.73 Å². The van der Waals surface area contributed by atoms with Gasteiger partial charge in [-0.15, -0.1) is 0 Å². The van der Waals surface area contributed by atoms with Crippen LogP contribution in [-0.2, 0) is 11.3 Å². The molecule has 18 heavy (non-hydrogen) atoms. The number of ether oxygens (including phenoxy) is 1. The Bertz CT molecular complexity index is 451. The minimum Gasteiger partial charge on any atom is -0.379 e. The van der Waals surface area contributed by atoms with E-state index in [0.717, 1.165) is 44.0 Å². The van der Waals surface area contributed by atoms with Crippen molar-refractivity contribution in [1.29, 1.82) is 0 Å². The fourth-order valence-corrected chi connectivity index (χ4v) is 2.32. The van der Waals surface area contributed by atoms with Gasteiger partial charge in [-0.25, -0.2) is 0 Å². The molecule has 0 unspecified atom stereocenters. The molecular weight excluding hydrogens is 228 g/mol. The largest absolute Gasteiger partial charge is 0.379 e. The topological polar surface area (TPSA) is 55.6 Å². The molecule has 1 aromatic carbocycles. The summed E-state index contributed by atoms with van der Waals surface area (Å²) in [5.74, 6) is -0.353. The molecule has 0 radical (unpaired) electrons. The molecule has 1 amide bonds. The van der Waals surface area contributed by atoms with Gasteiger partial charge in [0.15, 0.2) is 0 Å². The van der Waals surface area contributed by atoms with Gasteiger partial charge in [0.05, 0.1) is 13.2 Å². The van der Waals surface area contributed by atoms with E-state index >= 15 is 0 Å². The van der Waals surface area contributed by atoms with Crippen molar-refractivity contribution in [2.75, 3.05) is 26.3 Å². The van der Waals surface area contributed by atoms with E-state index in [-0.39, 0.29) is 5.91 Å². The number of nitrogens with zero attached hydrogens (tertiary/aromatic N) is 1. The van der Waals surface area contributed by atoms with Crippen LogP contribution in [0.25, 0.3) is 0 Å². The number of hydrogen-bond acceptors (Lipinski definition) is 3. The average molecular weight is 248 g/mol. The highest BCUT2D eigenvalue weighted by Gasteiger charge is 2.14. The zero-order valence-electron chi connectivity index (χ0n) is 11.0. The predicted molar refractivity (Wildman–Crippen MR) is 70.5 cm³/mol. The van der Waals surface area contributed by atoms with Gasteiger partial charge in [-0.3, -0.25) is 9.69 Å². The molecule has 0 bridgehead atoms. The van der Waals surface area contributed by atoms with E-state index in [2.05, 4.69) is 11.8 Å². The minimum absolute atomic E-state index is 0.353. The van der Waals surface area contributed by atoms with Gasteiger partial charge in [0.25, 0.3) is 0 Å². The lowest BCUT2D eigenvalue weighted by Crippen LogP contribution is -2.35. The lowest BCUT2D eigenvalue weighted by molar-refractivity contribution is 0.0341. The average Bonchev–Trinajstić information content (AvgIpc) is 2.36. The summed E-state index contributed by atoms with van der Waals surface area (Å²) in [6, 6.07) is 3.85. The van der Waals surface area contributed by atoms with Crippen molar-refractivity contribution in [1.82, 2.24) is 4.90 Å². The van der Waals surface area contributed by atoms with Crippen LogP contribution in [0.2, 0.25) is 0 Å². The maximum Gasteiger partial charge on any atom is 0.248 e. The molecule has 1 aliphatic heterocycles. The Hall–Kier alpha value is -1.39. The van der Waals surface area contributed by atoms with Crippen molar-refractivity contribution in [3.05, 3.63) is 34.4 Å². The molecule has 2 N–H and O–H groups in total. The first kappa shape index (κ1) is 13.1. The number of nitrogens with two attached hydrogens (primary N) is 1. The van der Waals surface area contributed by atoms with E-state index in [1.807, 2.05) is 19.1 Å². The van der Waals surface area contributed by atoms with Crippen LogP contribution in [0.4, 0.5) is 0 Å². The van der Waals surface area contributed by atoms with Crippen molar-refractivity contribution < 1.29 is 9.53 Å². The van der Waals surface area contributed by atoms with Crippen molar-refractivity contribution in [2.24, 2.45) is 5.73 Å². The van der Waals surface area contributed by atoms with Crippen LogP contribution in [0.1, 0.15) is 27.0 Å². The van der Waals surface area contributed by atoms with Gasteiger partial charge >= 0.3 is 0 Å². The highest BCUT2D eigenvalue weighted by molar-refractivity contribution is 5.94. The lowest BCUT2D eigenvalue weighted by Gasteiger charge is -2.27. The van der Waals surface area contributed by atoms with E-state index in [0.29, 0.717) is 5.56 Å². The van der Waals surface area contributed by atoms with E-state index in [4.69, 9.17) is 10.5 Å². The molecule has 4 heteroatoms. The zero-order chi connectivity index (χ0) is 13.1. The Morgan fingerprint density at radius 1 is 1.28 bits per heavy atom. The maximum absolute atomic E-state index is 11.3. The predicted octanol–water partition coefficient (Wildman–Crippen LogP) is 1.23. The summed E-state index contributed by atoms with van der Waals surface area (Å²) in [6.45, 7) is 8.46. The first-order valence-electron chi connectivity index (χ1n) is 6.28. The Balaban J connectivity index is 2.18. The SMILES string of the molecule is Cc1c(CN2CCOCC2)ccc(C(N)=O)c1C. The second-order valence-corrected chi connectivity index (χ2v) is 4.78. The van der Waals surface area contributed by atoms with E-state index < -0.39 is 0 Å².